The number of aromatic nitrogens is 4. The fourth-order valence-electron chi connectivity index (χ4n) is 1.96. The number of carbonyl (C=O) groups is 1. The van der Waals surface area contributed by atoms with Crippen LogP contribution in [0, 0.1) is 0 Å². The molecule has 0 spiro atoms. The number of nitrogens with one attached hydrogen (secondary N) is 1. The molecule has 0 aliphatic heterocycles. The zero-order valence-electron chi connectivity index (χ0n) is 11.9. The molecule has 108 valence electrons. The van der Waals surface area contributed by atoms with Crippen LogP contribution < -0.4 is 11.1 Å². The molecule has 8 nitrogen and oxygen atoms in total. The van der Waals surface area contributed by atoms with Gasteiger partial charge in [0.1, 0.15) is 11.6 Å². The molecule has 0 bridgehead atoms. The highest BCUT2D eigenvalue weighted by Gasteiger charge is 2.12. The molecular weight excluding hydrogens is 258 g/mol. The number of likely N-dealkylation sites (N-methyl/N-ethyl adjacent to an activating group) is 2. The molecule has 0 fully saturated rings. The Morgan fingerprint density at radius 3 is 2.95 bits per heavy atom. The first-order valence-electron chi connectivity index (χ1n) is 6.40. The highest BCUT2D eigenvalue weighted by atomic mass is 16.2. The fraction of sp³-hybridized carbons (Fsp3) is 0.500. The number of hydrogen-bond donors (Lipinski definition) is 2. The molecular formula is C12H19N7O. The van der Waals surface area contributed by atoms with Gasteiger partial charge in [-0.05, 0) is 14.0 Å². The van der Waals surface area contributed by atoms with Gasteiger partial charge in [0.2, 0.25) is 5.91 Å². The Morgan fingerprint density at radius 1 is 1.50 bits per heavy atom. The van der Waals surface area contributed by atoms with Gasteiger partial charge in [-0.1, -0.05) is 0 Å². The summed E-state index contributed by atoms with van der Waals surface area (Å²) in [6.07, 6.45) is 1.65. The molecule has 2 heterocycles. The highest BCUT2D eigenvalue weighted by molar-refractivity contribution is 5.84. The summed E-state index contributed by atoms with van der Waals surface area (Å²) in [4.78, 5) is 22.0. The second-order valence-electron chi connectivity index (χ2n) is 4.66. The van der Waals surface area contributed by atoms with E-state index in [1.807, 2.05) is 18.9 Å². The molecule has 8 heteroatoms. The fourth-order valence-corrected chi connectivity index (χ4v) is 1.96. The van der Waals surface area contributed by atoms with E-state index in [-0.39, 0.29) is 5.91 Å². The molecule has 2 aromatic rings. The minimum absolute atomic E-state index is 0.0235. The van der Waals surface area contributed by atoms with E-state index in [0.717, 1.165) is 5.39 Å². The monoisotopic (exact) mass is 277 g/mol. The first-order valence-corrected chi connectivity index (χ1v) is 6.40. The van der Waals surface area contributed by atoms with Crippen LogP contribution in [0.1, 0.15) is 12.7 Å². The SMILES string of the molecule is CCNC(=O)CN(C)Cc1nc(N)c2cnn(C)c2n1. The topological polar surface area (TPSA) is 102 Å². The second kappa shape index (κ2) is 5.83. The van der Waals surface area contributed by atoms with Crippen LogP contribution in [0.2, 0.25) is 0 Å². The summed E-state index contributed by atoms with van der Waals surface area (Å²) in [6.45, 7) is 3.25. The van der Waals surface area contributed by atoms with Crippen LogP contribution in [0.25, 0.3) is 11.0 Å². The van der Waals surface area contributed by atoms with Crippen LogP contribution in [-0.4, -0.2) is 50.7 Å². The van der Waals surface area contributed by atoms with Gasteiger partial charge in [-0.2, -0.15) is 5.10 Å². The number of hydrogen-bond acceptors (Lipinski definition) is 6. The van der Waals surface area contributed by atoms with Gasteiger partial charge in [0.05, 0.1) is 24.7 Å². The third-order valence-corrected chi connectivity index (χ3v) is 2.87. The van der Waals surface area contributed by atoms with Gasteiger partial charge in [-0.15, -0.1) is 0 Å². The largest absolute Gasteiger partial charge is 0.383 e. The Labute approximate surface area is 117 Å². The van der Waals surface area contributed by atoms with Crippen LogP contribution in [0.3, 0.4) is 0 Å². The number of amides is 1. The van der Waals surface area contributed by atoms with Crippen molar-refractivity contribution in [2.45, 2.75) is 13.5 Å². The van der Waals surface area contributed by atoms with Crippen molar-refractivity contribution in [2.75, 3.05) is 25.9 Å². The molecule has 0 aliphatic carbocycles. The maximum Gasteiger partial charge on any atom is 0.234 e. The molecule has 2 aromatic heterocycles. The molecule has 2 rings (SSSR count). The van der Waals surface area contributed by atoms with Crippen molar-refractivity contribution in [3.05, 3.63) is 12.0 Å². The third-order valence-electron chi connectivity index (χ3n) is 2.87. The van der Waals surface area contributed by atoms with E-state index in [1.54, 1.807) is 17.9 Å². The second-order valence-corrected chi connectivity index (χ2v) is 4.66. The van der Waals surface area contributed by atoms with Crippen LogP contribution in [0.15, 0.2) is 6.20 Å². The molecule has 0 radical (unpaired) electrons. The van der Waals surface area contributed by atoms with Gasteiger partial charge in [-0.3, -0.25) is 14.4 Å². The van der Waals surface area contributed by atoms with Crippen molar-refractivity contribution in [1.29, 1.82) is 0 Å². The van der Waals surface area contributed by atoms with E-state index >= 15 is 0 Å². The maximum absolute atomic E-state index is 11.5. The Balaban J connectivity index is 2.13. The van der Waals surface area contributed by atoms with Crippen LogP contribution in [-0.2, 0) is 18.4 Å². The predicted molar refractivity (Wildman–Crippen MR) is 75.7 cm³/mol. The van der Waals surface area contributed by atoms with Crippen molar-refractivity contribution in [3.63, 3.8) is 0 Å². The minimum atomic E-state index is -0.0235. The summed E-state index contributed by atoms with van der Waals surface area (Å²) >= 11 is 0. The Hall–Kier alpha value is -2.22. The molecule has 3 N–H and O–H groups in total. The standard InChI is InChI=1S/C12H19N7O/c1-4-14-10(20)7-18(2)6-9-16-11(13)8-5-15-19(3)12(8)17-9/h5H,4,6-7H2,1-3H3,(H,14,20)(H2,13,16,17). The summed E-state index contributed by atoms with van der Waals surface area (Å²) in [5, 5.41) is 7.59. The average molecular weight is 277 g/mol. The summed E-state index contributed by atoms with van der Waals surface area (Å²) in [5.41, 5.74) is 6.59. The number of rotatable bonds is 5. The summed E-state index contributed by atoms with van der Waals surface area (Å²) in [7, 11) is 3.64. The highest BCUT2D eigenvalue weighted by Crippen LogP contribution is 2.16. The van der Waals surface area contributed by atoms with E-state index < -0.39 is 0 Å². The first kappa shape index (κ1) is 14.2. The number of nitrogens with two attached hydrogens (primary N) is 1. The van der Waals surface area contributed by atoms with Gasteiger partial charge in [-0.25, -0.2) is 9.97 Å². The lowest BCUT2D eigenvalue weighted by Gasteiger charge is -2.15. The van der Waals surface area contributed by atoms with Gasteiger partial charge in [0.15, 0.2) is 5.65 Å². The van der Waals surface area contributed by atoms with Crippen LogP contribution >= 0.6 is 0 Å². The van der Waals surface area contributed by atoms with Crippen molar-refractivity contribution in [2.24, 2.45) is 7.05 Å². The Kier molecular flexibility index (Phi) is 4.14. The summed E-state index contributed by atoms with van der Waals surface area (Å²) in [6, 6.07) is 0. The van der Waals surface area contributed by atoms with Crippen molar-refractivity contribution in [3.8, 4) is 0 Å². The molecule has 0 aromatic carbocycles. The zero-order valence-corrected chi connectivity index (χ0v) is 11.9. The van der Waals surface area contributed by atoms with Gasteiger partial charge < -0.3 is 11.1 Å². The normalized spacial score (nSPS) is 11.2. The number of aryl methyl sites for hydroxylation is 1. The van der Waals surface area contributed by atoms with E-state index in [1.165, 1.54) is 0 Å². The molecule has 1 amide bonds. The number of nitrogen functional groups attached to an aromatic ring is 1. The van der Waals surface area contributed by atoms with Crippen LogP contribution in [0.5, 0.6) is 0 Å². The van der Waals surface area contributed by atoms with E-state index in [4.69, 9.17) is 5.73 Å². The molecule has 0 aliphatic rings. The smallest absolute Gasteiger partial charge is 0.234 e. The summed E-state index contributed by atoms with van der Waals surface area (Å²) in [5.74, 6) is 0.958. The molecule has 0 atom stereocenters. The lowest BCUT2D eigenvalue weighted by molar-refractivity contribution is -0.121. The zero-order chi connectivity index (χ0) is 14.7. The van der Waals surface area contributed by atoms with Crippen molar-refractivity contribution >= 4 is 22.8 Å². The van der Waals surface area contributed by atoms with E-state index in [0.29, 0.717) is 36.9 Å². The quantitative estimate of drug-likeness (QED) is 0.765. The molecule has 20 heavy (non-hydrogen) atoms. The van der Waals surface area contributed by atoms with Crippen molar-refractivity contribution < 1.29 is 4.79 Å². The molecule has 0 saturated heterocycles. The minimum Gasteiger partial charge on any atom is -0.383 e. The lowest BCUT2D eigenvalue weighted by Crippen LogP contribution is -2.35. The summed E-state index contributed by atoms with van der Waals surface area (Å²) < 4.78 is 1.65. The van der Waals surface area contributed by atoms with E-state index in [9.17, 15) is 4.79 Å². The molecule has 0 unspecified atom stereocenters. The Morgan fingerprint density at radius 2 is 2.25 bits per heavy atom. The first-order chi connectivity index (χ1) is 9.51. The number of carbonyl (C=O) groups excluding carboxylic acids is 1. The van der Waals surface area contributed by atoms with Crippen LogP contribution in [0.4, 0.5) is 5.82 Å². The third kappa shape index (κ3) is 3.02. The lowest BCUT2D eigenvalue weighted by atomic mass is 10.3. The number of anilines is 1. The Bertz CT molecular complexity index is 622. The van der Waals surface area contributed by atoms with Gasteiger partial charge >= 0.3 is 0 Å². The van der Waals surface area contributed by atoms with E-state index in [2.05, 4.69) is 20.4 Å². The average Bonchev–Trinajstić information content (AvgIpc) is 2.71. The number of fused-ring (bicyclic) bond motifs is 1. The maximum atomic E-state index is 11.5. The predicted octanol–water partition coefficient (Wildman–Crippen LogP) is -0.487. The van der Waals surface area contributed by atoms with Crippen molar-refractivity contribution in [1.82, 2.24) is 30.0 Å². The molecule has 0 saturated carbocycles. The van der Waals surface area contributed by atoms with Gasteiger partial charge in [0.25, 0.3) is 0 Å². The van der Waals surface area contributed by atoms with Gasteiger partial charge in [0, 0.05) is 13.6 Å². The number of nitrogens with zero attached hydrogens (tertiary/aromatic N) is 5.